The number of nitrogens with zero attached hydrogens (tertiary/aromatic N) is 4. The van der Waals surface area contributed by atoms with E-state index < -0.39 is 17.9 Å². The van der Waals surface area contributed by atoms with Gasteiger partial charge in [0.25, 0.3) is 5.91 Å². The van der Waals surface area contributed by atoms with Gasteiger partial charge >= 0.3 is 0 Å². The first-order valence-electron chi connectivity index (χ1n) is 11.1. The second-order valence-corrected chi connectivity index (χ2v) is 8.80. The van der Waals surface area contributed by atoms with Crippen LogP contribution in [0.15, 0.2) is 89.6 Å². The molecule has 36 heavy (non-hydrogen) atoms. The number of oxazole rings is 1. The van der Waals surface area contributed by atoms with Gasteiger partial charge in [-0.25, -0.2) is 14.4 Å². The van der Waals surface area contributed by atoms with E-state index in [1.54, 1.807) is 54.3 Å². The van der Waals surface area contributed by atoms with Gasteiger partial charge in [-0.2, -0.15) is 0 Å². The van der Waals surface area contributed by atoms with Gasteiger partial charge < -0.3 is 9.73 Å². The number of pyridine rings is 1. The summed E-state index contributed by atoms with van der Waals surface area (Å²) in [5.74, 6) is -1.28. The van der Waals surface area contributed by atoms with Crippen LogP contribution in [0.4, 0.5) is 10.1 Å². The van der Waals surface area contributed by atoms with Crippen LogP contribution in [0.1, 0.15) is 27.7 Å². The topological polar surface area (TPSA) is 101 Å². The molecule has 1 atom stereocenters. The Hall–Kier alpha value is -4.44. The summed E-state index contributed by atoms with van der Waals surface area (Å²) in [5.41, 5.74) is 4.20. The second-order valence-electron chi connectivity index (χ2n) is 7.91. The van der Waals surface area contributed by atoms with Gasteiger partial charge in [-0.15, -0.1) is 11.3 Å². The molecule has 0 aliphatic heterocycles. The number of rotatable bonds is 8. The number of thiazole rings is 1. The Labute approximate surface area is 209 Å². The summed E-state index contributed by atoms with van der Waals surface area (Å²) in [6, 6.07) is 13.9. The number of fused-ring (bicyclic) bond motifs is 1. The van der Waals surface area contributed by atoms with Crippen molar-refractivity contribution < 1.29 is 18.4 Å². The van der Waals surface area contributed by atoms with Crippen LogP contribution in [0, 0.1) is 5.82 Å². The molecule has 5 aromatic rings. The summed E-state index contributed by atoms with van der Waals surface area (Å²) in [5, 5.41) is 2.89. The standard InChI is InChI=1S/C26H20FN5O3S/c27-19-5-1-3-17(11-19)8-10-29-25(33)24(18-4-2-9-28-13-18)32(26(34)22-14-35-15-30-22)20-6-7-23-21(12-20)31-16-36-23/h1-7,9,11-16,24H,8,10H2,(H,29,33). The Bertz CT molecular complexity index is 1490. The fraction of sp³-hybridized carbons (Fsp3) is 0.115. The third kappa shape index (κ3) is 4.98. The van der Waals surface area contributed by atoms with E-state index in [1.165, 1.54) is 34.6 Å². The molecule has 2 aromatic carbocycles. The Balaban J connectivity index is 1.51. The van der Waals surface area contributed by atoms with E-state index in [1.807, 2.05) is 6.07 Å². The van der Waals surface area contributed by atoms with Crippen molar-refractivity contribution in [3.8, 4) is 0 Å². The van der Waals surface area contributed by atoms with Gasteiger partial charge in [-0.3, -0.25) is 19.5 Å². The van der Waals surface area contributed by atoms with Crippen molar-refractivity contribution in [2.75, 3.05) is 11.4 Å². The summed E-state index contributed by atoms with van der Waals surface area (Å²) in [4.78, 5) is 41.2. The molecule has 0 saturated heterocycles. The molecule has 0 saturated carbocycles. The monoisotopic (exact) mass is 501 g/mol. The summed E-state index contributed by atoms with van der Waals surface area (Å²) in [6.45, 7) is 0.246. The molecule has 0 spiro atoms. The molecular formula is C26H20FN5O3S. The molecule has 2 amide bonds. The number of aromatic nitrogens is 3. The maximum atomic E-state index is 13.7. The molecule has 1 unspecified atom stereocenters. The lowest BCUT2D eigenvalue weighted by Gasteiger charge is -2.30. The first kappa shape index (κ1) is 23.3. The highest BCUT2D eigenvalue weighted by Gasteiger charge is 2.34. The number of benzene rings is 2. The van der Waals surface area contributed by atoms with Gasteiger partial charge in [0.1, 0.15) is 18.1 Å². The number of hydrogen-bond donors (Lipinski definition) is 1. The van der Waals surface area contributed by atoms with Crippen LogP contribution in [0.25, 0.3) is 10.2 Å². The lowest BCUT2D eigenvalue weighted by Crippen LogP contribution is -2.44. The third-order valence-electron chi connectivity index (χ3n) is 5.57. The van der Waals surface area contributed by atoms with Crippen molar-refractivity contribution in [1.82, 2.24) is 20.3 Å². The summed E-state index contributed by atoms with van der Waals surface area (Å²) in [7, 11) is 0. The summed E-state index contributed by atoms with van der Waals surface area (Å²) < 4.78 is 19.5. The minimum atomic E-state index is -1.06. The fourth-order valence-corrected chi connectivity index (χ4v) is 4.55. The van der Waals surface area contributed by atoms with E-state index in [0.717, 1.165) is 16.7 Å². The zero-order valence-electron chi connectivity index (χ0n) is 18.9. The van der Waals surface area contributed by atoms with Crippen LogP contribution in [-0.2, 0) is 11.2 Å². The van der Waals surface area contributed by atoms with Crippen molar-refractivity contribution in [2.24, 2.45) is 0 Å². The normalized spacial score (nSPS) is 11.8. The molecule has 180 valence electrons. The van der Waals surface area contributed by atoms with E-state index in [-0.39, 0.29) is 18.1 Å². The predicted molar refractivity (Wildman–Crippen MR) is 133 cm³/mol. The molecule has 0 bridgehead atoms. The average molecular weight is 502 g/mol. The minimum Gasteiger partial charge on any atom is -0.451 e. The Morgan fingerprint density at radius 1 is 1.11 bits per heavy atom. The lowest BCUT2D eigenvalue weighted by molar-refractivity contribution is -0.122. The van der Waals surface area contributed by atoms with E-state index in [9.17, 15) is 14.0 Å². The maximum Gasteiger partial charge on any atom is 0.281 e. The molecule has 0 fully saturated rings. The quantitative estimate of drug-likeness (QED) is 0.334. The Morgan fingerprint density at radius 2 is 2.03 bits per heavy atom. The van der Waals surface area contributed by atoms with Gasteiger partial charge in [-0.05, 0) is 48.4 Å². The zero-order chi connectivity index (χ0) is 24.9. The van der Waals surface area contributed by atoms with Crippen LogP contribution in [0.3, 0.4) is 0 Å². The van der Waals surface area contributed by atoms with Gasteiger partial charge in [-0.1, -0.05) is 18.2 Å². The fourth-order valence-electron chi connectivity index (χ4n) is 3.90. The van der Waals surface area contributed by atoms with Crippen LogP contribution in [0.2, 0.25) is 0 Å². The number of hydrogen-bond acceptors (Lipinski definition) is 7. The molecule has 3 heterocycles. The molecule has 3 aromatic heterocycles. The van der Waals surface area contributed by atoms with Crippen molar-refractivity contribution in [3.05, 3.63) is 108 Å². The summed E-state index contributed by atoms with van der Waals surface area (Å²) in [6.07, 6.45) is 5.95. The molecule has 5 rings (SSSR count). The highest BCUT2D eigenvalue weighted by atomic mass is 32.1. The number of nitrogens with one attached hydrogen (secondary N) is 1. The van der Waals surface area contributed by atoms with Gasteiger partial charge in [0.2, 0.25) is 5.91 Å². The maximum absolute atomic E-state index is 13.7. The molecule has 0 aliphatic carbocycles. The van der Waals surface area contributed by atoms with Crippen molar-refractivity contribution in [3.63, 3.8) is 0 Å². The zero-order valence-corrected chi connectivity index (χ0v) is 19.7. The lowest BCUT2D eigenvalue weighted by atomic mass is 10.0. The number of halogens is 1. The summed E-state index contributed by atoms with van der Waals surface area (Å²) >= 11 is 1.48. The number of carbonyl (C=O) groups is 2. The van der Waals surface area contributed by atoms with Crippen LogP contribution < -0.4 is 10.2 Å². The van der Waals surface area contributed by atoms with Gasteiger partial charge in [0.05, 0.1) is 15.7 Å². The second kappa shape index (κ2) is 10.4. The van der Waals surface area contributed by atoms with Crippen LogP contribution in [0.5, 0.6) is 0 Å². The van der Waals surface area contributed by atoms with E-state index in [4.69, 9.17) is 4.42 Å². The van der Waals surface area contributed by atoms with Gasteiger partial charge in [0.15, 0.2) is 12.1 Å². The van der Waals surface area contributed by atoms with Crippen LogP contribution in [-0.4, -0.2) is 33.3 Å². The first-order valence-corrected chi connectivity index (χ1v) is 12.0. The largest absolute Gasteiger partial charge is 0.451 e. The average Bonchev–Trinajstić information content (AvgIpc) is 3.59. The predicted octanol–water partition coefficient (Wildman–Crippen LogP) is 4.57. The first-order chi connectivity index (χ1) is 17.6. The molecule has 10 heteroatoms. The van der Waals surface area contributed by atoms with E-state index in [2.05, 4.69) is 20.3 Å². The molecule has 8 nitrogen and oxygen atoms in total. The highest BCUT2D eigenvalue weighted by Crippen LogP contribution is 2.32. The smallest absolute Gasteiger partial charge is 0.281 e. The number of amides is 2. The number of carbonyl (C=O) groups excluding carboxylic acids is 2. The van der Waals surface area contributed by atoms with Crippen molar-refractivity contribution >= 4 is 39.1 Å². The molecule has 0 aliphatic rings. The number of anilines is 1. The minimum absolute atomic E-state index is 0.0508. The molecule has 0 radical (unpaired) electrons. The molecule has 1 N–H and O–H groups in total. The van der Waals surface area contributed by atoms with E-state index in [0.29, 0.717) is 23.2 Å². The Kier molecular flexibility index (Phi) is 6.76. The van der Waals surface area contributed by atoms with Crippen LogP contribution >= 0.6 is 11.3 Å². The van der Waals surface area contributed by atoms with Crippen molar-refractivity contribution in [1.29, 1.82) is 0 Å². The third-order valence-corrected chi connectivity index (χ3v) is 6.38. The Morgan fingerprint density at radius 3 is 2.81 bits per heavy atom. The SMILES string of the molecule is O=C(NCCc1cccc(F)c1)C(c1cccnc1)N(C(=O)c1cocn1)c1ccc2scnc2c1. The highest BCUT2D eigenvalue weighted by molar-refractivity contribution is 7.16. The van der Waals surface area contributed by atoms with Crippen molar-refractivity contribution in [2.45, 2.75) is 12.5 Å². The molecular weight excluding hydrogens is 481 g/mol. The van der Waals surface area contributed by atoms with Gasteiger partial charge in [0, 0.05) is 30.2 Å². The van der Waals surface area contributed by atoms with E-state index >= 15 is 0 Å².